The molecule has 0 saturated heterocycles. The Labute approximate surface area is 150 Å². The molecule has 4 nitrogen and oxygen atoms in total. The summed E-state index contributed by atoms with van der Waals surface area (Å²) in [6, 6.07) is 11.5. The number of hydrogen-bond donors (Lipinski definition) is 1. The largest absolute Gasteiger partial charge is 0.345 e. The molecule has 2 aromatic carbocycles. The Hall–Kier alpha value is -2.95. The summed E-state index contributed by atoms with van der Waals surface area (Å²) in [4.78, 5) is 25.6. The van der Waals surface area contributed by atoms with Gasteiger partial charge in [0.1, 0.15) is 11.4 Å². The monoisotopic (exact) mass is 350 g/mol. The van der Waals surface area contributed by atoms with E-state index in [1.54, 1.807) is 24.4 Å². The van der Waals surface area contributed by atoms with Gasteiger partial charge in [-0.1, -0.05) is 24.3 Å². The molecule has 2 atom stereocenters. The lowest BCUT2D eigenvalue weighted by molar-refractivity contribution is 0.0938. The first-order valence-electron chi connectivity index (χ1n) is 8.69. The predicted molar refractivity (Wildman–Crippen MR) is 98.9 cm³/mol. The van der Waals surface area contributed by atoms with E-state index in [1.165, 1.54) is 12.1 Å². The fourth-order valence-corrected chi connectivity index (χ4v) is 3.69. The zero-order valence-corrected chi connectivity index (χ0v) is 14.6. The van der Waals surface area contributed by atoms with E-state index in [0.29, 0.717) is 5.39 Å². The van der Waals surface area contributed by atoms with Crippen molar-refractivity contribution in [2.75, 3.05) is 0 Å². The van der Waals surface area contributed by atoms with Crippen LogP contribution in [0.15, 0.2) is 53.5 Å². The molecule has 3 aromatic rings. The van der Waals surface area contributed by atoms with E-state index in [4.69, 9.17) is 0 Å². The molecule has 1 aliphatic heterocycles. The third-order valence-corrected chi connectivity index (χ3v) is 5.09. The van der Waals surface area contributed by atoms with Crippen molar-refractivity contribution in [3.63, 3.8) is 0 Å². The lowest BCUT2D eigenvalue weighted by atomic mass is 10.1. The maximum Gasteiger partial charge on any atom is 0.257 e. The highest BCUT2D eigenvalue weighted by molar-refractivity contribution is 5.98. The van der Waals surface area contributed by atoms with Gasteiger partial charge in [-0.25, -0.2) is 4.39 Å². The molecule has 26 heavy (non-hydrogen) atoms. The molecule has 132 valence electrons. The predicted octanol–water partition coefficient (Wildman–Crippen LogP) is 3.75. The number of pyridine rings is 1. The van der Waals surface area contributed by atoms with Crippen LogP contribution in [0, 0.1) is 5.82 Å². The Morgan fingerprint density at radius 1 is 1.23 bits per heavy atom. The highest BCUT2D eigenvalue weighted by atomic mass is 19.1. The van der Waals surface area contributed by atoms with E-state index in [-0.39, 0.29) is 28.9 Å². The molecule has 0 saturated carbocycles. The number of rotatable bonds is 3. The van der Waals surface area contributed by atoms with Crippen LogP contribution in [0.4, 0.5) is 4.39 Å². The Balaban J connectivity index is 1.71. The van der Waals surface area contributed by atoms with Gasteiger partial charge in [0.2, 0.25) is 5.43 Å². The van der Waals surface area contributed by atoms with E-state index < -0.39 is 5.91 Å². The Morgan fingerprint density at radius 3 is 2.69 bits per heavy atom. The van der Waals surface area contributed by atoms with Crippen LogP contribution in [0.3, 0.4) is 0 Å². The van der Waals surface area contributed by atoms with Crippen molar-refractivity contribution in [1.29, 1.82) is 0 Å². The van der Waals surface area contributed by atoms with E-state index in [2.05, 4.69) is 12.2 Å². The number of carbonyl (C=O) groups is 1. The minimum Gasteiger partial charge on any atom is -0.345 e. The molecular formula is C21H19FN2O2. The molecule has 1 aromatic heterocycles. The molecule has 0 radical (unpaired) electrons. The molecular weight excluding hydrogens is 331 g/mol. The minimum atomic E-state index is -0.415. The third-order valence-electron chi connectivity index (χ3n) is 5.09. The van der Waals surface area contributed by atoms with E-state index in [1.807, 2.05) is 23.6 Å². The van der Waals surface area contributed by atoms with Crippen molar-refractivity contribution in [2.45, 2.75) is 32.4 Å². The molecule has 2 heterocycles. The fourth-order valence-electron chi connectivity index (χ4n) is 3.69. The lowest BCUT2D eigenvalue weighted by Gasteiger charge is -2.16. The van der Waals surface area contributed by atoms with E-state index in [0.717, 1.165) is 23.1 Å². The molecule has 0 fully saturated rings. The standard InChI is InChI=1S/C21H19FN2O2/c1-12-10-15-4-3-5-17-19(15)24(12)11-18(20(17)25)21(26)23-13(2)14-6-8-16(22)9-7-14/h3-9,11-13H,10H2,1-2H3,(H,23,26)/t12-,13+/m0/s1. The van der Waals surface area contributed by atoms with Crippen LogP contribution in [0.1, 0.15) is 47.4 Å². The number of hydrogen-bond acceptors (Lipinski definition) is 2. The molecule has 5 heteroatoms. The summed E-state index contributed by atoms with van der Waals surface area (Å²) < 4.78 is 15.1. The summed E-state index contributed by atoms with van der Waals surface area (Å²) in [5, 5.41) is 3.42. The van der Waals surface area contributed by atoms with Crippen LogP contribution < -0.4 is 10.7 Å². The normalized spacial score (nSPS) is 16.7. The smallest absolute Gasteiger partial charge is 0.257 e. The van der Waals surface area contributed by atoms with Gasteiger partial charge in [0, 0.05) is 17.6 Å². The highest BCUT2D eigenvalue weighted by Crippen LogP contribution is 2.30. The number of halogens is 1. The molecule has 0 spiro atoms. The second-order valence-corrected chi connectivity index (χ2v) is 6.89. The molecule has 0 aliphatic carbocycles. The van der Waals surface area contributed by atoms with Crippen molar-refractivity contribution in [3.05, 3.63) is 81.4 Å². The first-order chi connectivity index (χ1) is 12.5. The number of nitrogens with zero attached hydrogens (tertiary/aromatic N) is 1. The maximum absolute atomic E-state index is 13.1. The van der Waals surface area contributed by atoms with Gasteiger partial charge in [-0.05, 0) is 49.6 Å². The number of para-hydroxylation sites is 1. The minimum absolute atomic E-state index is 0.136. The number of amides is 1. The Morgan fingerprint density at radius 2 is 1.96 bits per heavy atom. The second kappa shape index (κ2) is 6.09. The highest BCUT2D eigenvalue weighted by Gasteiger charge is 2.24. The number of benzene rings is 2. The van der Waals surface area contributed by atoms with Gasteiger partial charge < -0.3 is 9.88 Å². The van der Waals surface area contributed by atoms with Crippen LogP contribution in [0.5, 0.6) is 0 Å². The maximum atomic E-state index is 13.1. The average molecular weight is 350 g/mol. The SMILES string of the molecule is C[C@@H](NC(=O)c1cn2c3c(cccc3c1=O)C[C@@H]2C)c1ccc(F)cc1. The van der Waals surface area contributed by atoms with Crippen LogP contribution in [-0.2, 0) is 6.42 Å². The van der Waals surface area contributed by atoms with Crippen LogP contribution in [-0.4, -0.2) is 10.5 Å². The van der Waals surface area contributed by atoms with Gasteiger partial charge in [0.05, 0.1) is 11.6 Å². The van der Waals surface area contributed by atoms with E-state index >= 15 is 0 Å². The van der Waals surface area contributed by atoms with Crippen molar-refractivity contribution in [3.8, 4) is 0 Å². The summed E-state index contributed by atoms with van der Waals surface area (Å²) >= 11 is 0. The van der Waals surface area contributed by atoms with Gasteiger partial charge >= 0.3 is 0 Å². The van der Waals surface area contributed by atoms with Crippen molar-refractivity contribution in [1.82, 2.24) is 9.88 Å². The van der Waals surface area contributed by atoms with Crippen molar-refractivity contribution < 1.29 is 9.18 Å². The molecule has 1 amide bonds. The van der Waals surface area contributed by atoms with Gasteiger partial charge in [0.15, 0.2) is 0 Å². The number of nitrogens with one attached hydrogen (secondary N) is 1. The first kappa shape index (κ1) is 16.5. The quantitative estimate of drug-likeness (QED) is 0.782. The lowest BCUT2D eigenvalue weighted by Crippen LogP contribution is -2.31. The van der Waals surface area contributed by atoms with Gasteiger partial charge in [-0.2, -0.15) is 0 Å². The molecule has 0 bridgehead atoms. The number of aromatic nitrogens is 1. The Kier molecular flexibility index (Phi) is 3.87. The third kappa shape index (κ3) is 2.60. The van der Waals surface area contributed by atoms with Gasteiger partial charge in [-0.3, -0.25) is 9.59 Å². The topological polar surface area (TPSA) is 51.1 Å². The number of carbonyl (C=O) groups excluding carboxylic acids is 1. The van der Waals surface area contributed by atoms with Gasteiger partial charge in [-0.15, -0.1) is 0 Å². The molecule has 0 unspecified atom stereocenters. The summed E-state index contributed by atoms with van der Waals surface area (Å²) in [7, 11) is 0. The van der Waals surface area contributed by atoms with Crippen LogP contribution >= 0.6 is 0 Å². The fraction of sp³-hybridized carbons (Fsp3) is 0.238. The van der Waals surface area contributed by atoms with Crippen LogP contribution in [0.25, 0.3) is 10.9 Å². The molecule has 1 aliphatic rings. The summed E-state index contributed by atoms with van der Waals surface area (Å²) in [5.74, 6) is -0.741. The van der Waals surface area contributed by atoms with Crippen LogP contribution in [0.2, 0.25) is 0 Å². The first-order valence-corrected chi connectivity index (χ1v) is 8.69. The average Bonchev–Trinajstić information content (AvgIpc) is 2.94. The molecule has 4 rings (SSSR count). The van der Waals surface area contributed by atoms with Gasteiger partial charge in [0.25, 0.3) is 5.91 Å². The zero-order valence-electron chi connectivity index (χ0n) is 14.6. The van der Waals surface area contributed by atoms with E-state index in [9.17, 15) is 14.0 Å². The zero-order chi connectivity index (χ0) is 18.4. The summed E-state index contributed by atoms with van der Waals surface area (Å²) in [5.41, 5.74) is 2.72. The van der Waals surface area contributed by atoms with Crippen molar-refractivity contribution >= 4 is 16.8 Å². The molecule has 1 N–H and O–H groups in total. The second-order valence-electron chi connectivity index (χ2n) is 6.89. The Bertz CT molecular complexity index is 1070. The summed E-state index contributed by atoms with van der Waals surface area (Å²) in [6.07, 6.45) is 2.52. The summed E-state index contributed by atoms with van der Waals surface area (Å²) in [6.45, 7) is 3.89. The van der Waals surface area contributed by atoms with Crippen molar-refractivity contribution in [2.24, 2.45) is 0 Å².